The van der Waals surface area contributed by atoms with Gasteiger partial charge in [0.1, 0.15) is 5.76 Å². The number of aromatic nitrogens is 1. The second-order valence-electron chi connectivity index (χ2n) is 7.49. The molecule has 3 rings (SSSR count). The van der Waals surface area contributed by atoms with Crippen LogP contribution in [0.1, 0.15) is 42.3 Å². The Bertz CT molecular complexity index is 728. The van der Waals surface area contributed by atoms with Gasteiger partial charge in [-0.1, -0.05) is 35.5 Å². The summed E-state index contributed by atoms with van der Waals surface area (Å²) < 4.78 is 5.24. The number of piperidine rings is 1. The maximum atomic E-state index is 5.24. The van der Waals surface area contributed by atoms with Crippen molar-refractivity contribution in [3.05, 3.63) is 52.9 Å². The van der Waals surface area contributed by atoms with E-state index in [9.17, 15) is 0 Å². The number of guanidine groups is 1. The van der Waals surface area contributed by atoms with Crippen molar-refractivity contribution < 1.29 is 4.52 Å². The van der Waals surface area contributed by atoms with Gasteiger partial charge in [-0.15, -0.1) is 0 Å². The third kappa shape index (κ3) is 5.83. The Balaban J connectivity index is 1.46. The highest BCUT2D eigenvalue weighted by molar-refractivity contribution is 5.80. The van der Waals surface area contributed by atoms with Crippen molar-refractivity contribution in [2.75, 3.05) is 26.2 Å². The summed E-state index contributed by atoms with van der Waals surface area (Å²) in [6, 6.07) is 11.2. The first kappa shape index (κ1) is 20.4. The molecule has 0 radical (unpaired) electrons. The summed E-state index contributed by atoms with van der Waals surface area (Å²) in [6.07, 6.45) is 3.13. The van der Waals surface area contributed by atoms with Gasteiger partial charge < -0.3 is 15.2 Å². The summed E-state index contributed by atoms with van der Waals surface area (Å²) in [5.41, 5.74) is 3.54. The van der Waals surface area contributed by atoms with Crippen LogP contribution in [0.3, 0.4) is 0 Å². The van der Waals surface area contributed by atoms with Crippen LogP contribution < -0.4 is 10.6 Å². The highest BCUT2D eigenvalue weighted by Crippen LogP contribution is 2.14. The number of aryl methyl sites for hydroxylation is 2. The molecule has 0 unspecified atom stereocenters. The Hall–Kier alpha value is -2.34. The maximum Gasteiger partial charge on any atom is 0.191 e. The Kier molecular flexibility index (Phi) is 7.48. The summed E-state index contributed by atoms with van der Waals surface area (Å²) in [4.78, 5) is 7.30. The van der Waals surface area contributed by atoms with E-state index in [4.69, 9.17) is 9.52 Å². The van der Waals surface area contributed by atoms with Crippen LogP contribution in [-0.2, 0) is 13.0 Å². The fourth-order valence-corrected chi connectivity index (χ4v) is 3.73. The topological polar surface area (TPSA) is 65.7 Å². The van der Waals surface area contributed by atoms with Crippen molar-refractivity contribution >= 4 is 5.96 Å². The second kappa shape index (κ2) is 10.3. The molecular formula is C22H33N5O. The third-order valence-electron chi connectivity index (χ3n) is 5.33. The van der Waals surface area contributed by atoms with Gasteiger partial charge >= 0.3 is 0 Å². The van der Waals surface area contributed by atoms with Crippen LogP contribution in [0.5, 0.6) is 0 Å². The monoisotopic (exact) mass is 383 g/mol. The molecule has 2 aromatic rings. The zero-order valence-electron chi connectivity index (χ0n) is 17.4. The molecule has 0 amide bonds. The Labute approximate surface area is 168 Å². The average Bonchev–Trinajstić information content (AvgIpc) is 3.02. The van der Waals surface area contributed by atoms with E-state index in [1.54, 1.807) is 0 Å². The first-order valence-electron chi connectivity index (χ1n) is 10.4. The molecule has 1 aromatic heterocycles. The molecule has 1 fully saturated rings. The van der Waals surface area contributed by atoms with Gasteiger partial charge in [0.15, 0.2) is 5.96 Å². The van der Waals surface area contributed by atoms with E-state index in [0.717, 1.165) is 69.4 Å². The van der Waals surface area contributed by atoms with Crippen LogP contribution in [0, 0.1) is 13.8 Å². The number of hydrogen-bond acceptors (Lipinski definition) is 4. The molecule has 152 valence electrons. The Morgan fingerprint density at radius 1 is 1.21 bits per heavy atom. The van der Waals surface area contributed by atoms with Gasteiger partial charge in [0.2, 0.25) is 0 Å². The van der Waals surface area contributed by atoms with E-state index in [-0.39, 0.29) is 0 Å². The largest absolute Gasteiger partial charge is 0.361 e. The first-order chi connectivity index (χ1) is 13.7. The lowest BCUT2D eigenvalue weighted by Crippen LogP contribution is -2.48. The van der Waals surface area contributed by atoms with Gasteiger partial charge in [0.25, 0.3) is 0 Å². The minimum Gasteiger partial charge on any atom is -0.361 e. The normalized spacial score (nSPS) is 16.3. The van der Waals surface area contributed by atoms with Crippen LogP contribution in [0.4, 0.5) is 0 Å². The summed E-state index contributed by atoms with van der Waals surface area (Å²) in [5, 5.41) is 11.0. The fraction of sp³-hybridized carbons (Fsp3) is 0.545. The van der Waals surface area contributed by atoms with Crippen LogP contribution in [0.25, 0.3) is 0 Å². The van der Waals surface area contributed by atoms with E-state index in [2.05, 4.69) is 57.9 Å². The van der Waals surface area contributed by atoms with Gasteiger partial charge in [-0.05, 0) is 45.6 Å². The van der Waals surface area contributed by atoms with Crippen molar-refractivity contribution in [2.45, 2.75) is 52.6 Å². The highest BCUT2D eigenvalue weighted by Gasteiger charge is 2.20. The minimum absolute atomic E-state index is 0.476. The molecular weight excluding hydrogens is 350 g/mol. The number of hydrogen-bond donors (Lipinski definition) is 2. The van der Waals surface area contributed by atoms with Gasteiger partial charge in [0, 0.05) is 44.3 Å². The molecule has 0 atom stereocenters. The molecule has 0 spiro atoms. The van der Waals surface area contributed by atoms with Crippen molar-refractivity contribution in [3.63, 3.8) is 0 Å². The number of aliphatic imine (C=N–C) groups is 1. The Morgan fingerprint density at radius 2 is 1.96 bits per heavy atom. The van der Waals surface area contributed by atoms with Gasteiger partial charge in [-0.25, -0.2) is 0 Å². The Morgan fingerprint density at radius 3 is 2.61 bits per heavy atom. The molecule has 1 aromatic carbocycles. The summed E-state index contributed by atoms with van der Waals surface area (Å²) in [7, 11) is 0. The van der Waals surface area contributed by atoms with Crippen LogP contribution in [0.15, 0.2) is 39.8 Å². The zero-order valence-corrected chi connectivity index (χ0v) is 17.4. The van der Waals surface area contributed by atoms with Crippen LogP contribution in [0.2, 0.25) is 0 Å². The molecule has 0 aliphatic carbocycles. The predicted octanol–water partition coefficient (Wildman–Crippen LogP) is 3.05. The number of benzene rings is 1. The molecule has 6 nitrogen and oxygen atoms in total. The van der Waals surface area contributed by atoms with Gasteiger partial charge in [-0.3, -0.25) is 9.89 Å². The smallest absolute Gasteiger partial charge is 0.191 e. The van der Waals surface area contributed by atoms with E-state index < -0.39 is 0 Å². The van der Waals surface area contributed by atoms with Crippen molar-refractivity contribution in [3.8, 4) is 0 Å². The first-order valence-corrected chi connectivity index (χ1v) is 10.4. The number of nitrogens with one attached hydrogen (secondary N) is 2. The summed E-state index contributed by atoms with van der Waals surface area (Å²) in [5.74, 6) is 1.81. The predicted molar refractivity (Wildman–Crippen MR) is 114 cm³/mol. The molecule has 6 heteroatoms. The lowest BCUT2D eigenvalue weighted by molar-refractivity contribution is 0.198. The summed E-state index contributed by atoms with van der Waals surface area (Å²) in [6.45, 7) is 10.9. The van der Waals surface area contributed by atoms with Crippen molar-refractivity contribution in [2.24, 2.45) is 4.99 Å². The zero-order chi connectivity index (χ0) is 19.8. The number of likely N-dealkylation sites (tertiary alicyclic amines) is 1. The van der Waals surface area contributed by atoms with E-state index >= 15 is 0 Å². The van der Waals surface area contributed by atoms with E-state index in [0.29, 0.717) is 6.04 Å². The van der Waals surface area contributed by atoms with Crippen molar-refractivity contribution in [1.82, 2.24) is 20.7 Å². The lowest BCUT2D eigenvalue weighted by atomic mass is 10.0. The van der Waals surface area contributed by atoms with Gasteiger partial charge in [-0.2, -0.15) is 0 Å². The second-order valence-corrected chi connectivity index (χ2v) is 7.49. The standard InChI is InChI=1S/C22H33N5O/c1-4-23-22(24-13-10-21-17(2)26-28-18(21)3)25-20-11-14-27(15-12-20)16-19-8-6-5-7-9-19/h5-9,20H,4,10-16H2,1-3H3,(H2,23,24,25). The van der Waals surface area contributed by atoms with Crippen LogP contribution >= 0.6 is 0 Å². The molecule has 1 saturated heterocycles. The molecule has 0 bridgehead atoms. The van der Waals surface area contributed by atoms with Gasteiger partial charge in [0.05, 0.1) is 5.69 Å². The molecule has 1 aliphatic rings. The SMILES string of the molecule is CCNC(=NCCc1c(C)noc1C)NC1CCN(Cc2ccccc2)CC1. The quantitative estimate of drug-likeness (QED) is 0.568. The van der Waals surface area contributed by atoms with E-state index in [1.165, 1.54) is 11.1 Å². The summed E-state index contributed by atoms with van der Waals surface area (Å²) >= 11 is 0. The third-order valence-corrected chi connectivity index (χ3v) is 5.33. The molecule has 28 heavy (non-hydrogen) atoms. The number of nitrogens with zero attached hydrogens (tertiary/aromatic N) is 3. The van der Waals surface area contributed by atoms with Crippen molar-refractivity contribution in [1.29, 1.82) is 0 Å². The molecule has 0 saturated carbocycles. The highest BCUT2D eigenvalue weighted by atomic mass is 16.5. The minimum atomic E-state index is 0.476. The van der Waals surface area contributed by atoms with E-state index in [1.807, 2.05) is 13.8 Å². The fourth-order valence-electron chi connectivity index (χ4n) is 3.73. The maximum absolute atomic E-state index is 5.24. The number of rotatable bonds is 7. The average molecular weight is 384 g/mol. The van der Waals surface area contributed by atoms with Crippen LogP contribution in [-0.4, -0.2) is 48.2 Å². The molecule has 1 aliphatic heterocycles. The lowest BCUT2D eigenvalue weighted by Gasteiger charge is -2.33. The molecule has 2 heterocycles. The molecule has 2 N–H and O–H groups in total.